The number of hydrogen-bond acceptors (Lipinski definition) is 4. The van der Waals surface area contributed by atoms with Crippen LogP contribution >= 0.6 is 10.3 Å². The molecule has 0 aromatic carbocycles. The maximum atomic E-state index is 9.33. The van der Waals surface area contributed by atoms with Gasteiger partial charge in [-0.3, -0.25) is 8.74 Å². The molecule has 0 fully saturated rings. The van der Waals surface area contributed by atoms with Gasteiger partial charge < -0.3 is 4.55 Å². The third kappa shape index (κ3) is 67.4. The summed E-state index contributed by atoms with van der Waals surface area (Å²) in [6.45, 7) is 0. The molecule has 0 saturated heterocycles. The van der Waals surface area contributed by atoms with Gasteiger partial charge in [0.15, 0.2) is 0 Å². The van der Waals surface area contributed by atoms with Crippen molar-refractivity contribution in [3.8, 4) is 0 Å². The van der Waals surface area contributed by atoms with E-state index in [0.29, 0.717) is 0 Å². The van der Waals surface area contributed by atoms with E-state index in [4.69, 9.17) is 9.11 Å². The first-order valence-electron chi connectivity index (χ1n) is 2.50. The van der Waals surface area contributed by atoms with Crippen molar-refractivity contribution >= 4 is 20.7 Å². The van der Waals surface area contributed by atoms with E-state index in [-0.39, 0.29) is 0 Å². The average Bonchev–Trinajstić information content (AvgIpc) is 1.59. The van der Waals surface area contributed by atoms with Gasteiger partial charge in [-0.1, -0.05) is 0 Å². The molecular weight excluding hydrogens is 192 g/mol. The molecule has 0 radical (unpaired) electrons. The lowest BCUT2D eigenvalue weighted by molar-refractivity contribution is 0.324. The summed E-state index contributed by atoms with van der Waals surface area (Å²) in [5.41, 5.74) is 0. The highest BCUT2D eigenvalue weighted by molar-refractivity contribution is 8.27. The van der Waals surface area contributed by atoms with E-state index < -0.39 is 20.7 Å². The van der Waals surface area contributed by atoms with Gasteiger partial charge in [-0.25, -0.2) is 0 Å². The fourth-order valence-corrected chi connectivity index (χ4v) is 0. The van der Waals surface area contributed by atoms with Gasteiger partial charge in [0.05, 0.1) is 7.11 Å². The summed E-state index contributed by atoms with van der Waals surface area (Å²) in [7, 11) is -4.46. The highest BCUT2D eigenvalue weighted by Gasteiger charge is 1.94. The predicted molar refractivity (Wildman–Crippen MR) is 46.5 cm³/mol. The molecule has 5 nitrogen and oxygen atoms in total. The van der Waals surface area contributed by atoms with Gasteiger partial charge >= 0.3 is 10.4 Å². The third-order valence-corrected chi connectivity index (χ3v) is 0.632. The maximum Gasteiger partial charge on any atom is 0.397 e. The highest BCUT2D eigenvalue weighted by Crippen LogP contribution is 2.26. The first kappa shape index (κ1) is 13.7. The molecule has 0 saturated carbocycles. The summed E-state index contributed by atoms with van der Waals surface area (Å²) in [6, 6.07) is 0. The quantitative estimate of drug-likeness (QED) is 0.613. The Balaban J connectivity index is 0. The molecule has 0 amide bonds. The van der Waals surface area contributed by atoms with E-state index in [0.717, 1.165) is 7.11 Å². The maximum absolute atomic E-state index is 9.33. The van der Waals surface area contributed by atoms with Gasteiger partial charge in [0, 0.05) is 0 Å². The second-order valence-corrected chi connectivity index (χ2v) is 7.10. The lowest BCUT2D eigenvalue weighted by atomic mass is 11.8. The van der Waals surface area contributed by atoms with Gasteiger partial charge in [-0.15, -0.1) is 10.3 Å². The predicted octanol–water partition coefficient (Wildman–Crippen LogP) is 0.589. The summed E-state index contributed by atoms with van der Waals surface area (Å²) < 4.78 is 38.3. The molecule has 0 aromatic heterocycles. The monoisotopic (exact) mass is 206 g/mol. The van der Waals surface area contributed by atoms with Crippen LogP contribution in [0.25, 0.3) is 0 Å². The SMILES string of the molecule is COS(=O)(=O)O.CS(C)(C)O. The zero-order chi connectivity index (χ0) is 9.71. The van der Waals surface area contributed by atoms with Crippen molar-refractivity contribution in [2.45, 2.75) is 0 Å². The van der Waals surface area contributed by atoms with E-state index in [1.807, 2.05) is 18.8 Å². The van der Waals surface area contributed by atoms with E-state index in [1.165, 1.54) is 0 Å². The summed E-state index contributed by atoms with van der Waals surface area (Å²) in [5, 5.41) is 0. The second-order valence-electron chi connectivity index (χ2n) is 2.37. The van der Waals surface area contributed by atoms with Gasteiger partial charge in [-0.2, -0.15) is 8.42 Å². The molecule has 2 N–H and O–H groups in total. The molecule has 0 atom stereocenters. The van der Waals surface area contributed by atoms with E-state index in [9.17, 15) is 8.42 Å². The van der Waals surface area contributed by atoms with Crippen LogP contribution in [0.4, 0.5) is 0 Å². The second kappa shape index (κ2) is 4.94. The van der Waals surface area contributed by atoms with Gasteiger partial charge in [0.1, 0.15) is 0 Å². The molecule has 11 heavy (non-hydrogen) atoms. The van der Waals surface area contributed by atoms with Crippen LogP contribution < -0.4 is 0 Å². The van der Waals surface area contributed by atoms with Crippen LogP contribution in [0.2, 0.25) is 0 Å². The standard InChI is InChI=1S/C3H10OS.CH4O4S/c1-5(2,3)4;1-5-6(2,3)4/h4H,1-3H3;1H3,(H,2,3,4). The lowest BCUT2D eigenvalue weighted by Gasteiger charge is -2.13. The zero-order valence-electron chi connectivity index (χ0n) is 6.94. The zero-order valence-corrected chi connectivity index (χ0v) is 8.57. The van der Waals surface area contributed by atoms with Crippen molar-refractivity contribution in [1.29, 1.82) is 0 Å². The molecular formula is C4H14O5S2. The van der Waals surface area contributed by atoms with Crippen LogP contribution in [0.15, 0.2) is 0 Å². The van der Waals surface area contributed by atoms with E-state index >= 15 is 0 Å². The molecule has 0 aliphatic rings. The van der Waals surface area contributed by atoms with Crippen LogP contribution in [0, 0.1) is 0 Å². The van der Waals surface area contributed by atoms with Crippen molar-refractivity contribution in [3.05, 3.63) is 0 Å². The number of hydrogen-bond donors (Lipinski definition) is 2. The molecule has 72 valence electrons. The first-order valence-corrected chi connectivity index (χ1v) is 6.68. The summed E-state index contributed by atoms with van der Waals surface area (Å²) in [6.07, 6.45) is 5.48. The Morgan fingerprint density at radius 1 is 1.09 bits per heavy atom. The molecule has 0 rings (SSSR count). The molecule has 0 spiro atoms. The molecule has 0 aromatic rings. The van der Waals surface area contributed by atoms with Crippen molar-refractivity contribution in [2.24, 2.45) is 0 Å². The Morgan fingerprint density at radius 3 is 1.18 bits per heavy atom. The Hall–Kier alpha value is 0.180. The smallest absolute Gasteiger partial charge is 0.352 e. The van der Waals surface area contributed by atoms with Crippen LogP contribution in [0.1, 0.15) is 0 Å². The third-order valence-electron chi connectivity index (χ3n) is 0.211. The molecule has 0 unspecified atom stereocenters. The average molecular weight is 206 g/mol. The molecule has 0 heterocycles. The fourth-order valence-electron chi connectivity index (χ4n) is 0. The van der Waals surface area contributed by atoms with Crippen molar-refractivity contribution in [3.63, 3.8) is 0 Å². The van der Waals surface area contributed by atoms with Crippen molar-refractivity contribution in [2.75, 3.05) is 25.9 Å². The lowest BCUT2D eigenvalue weighted by Crippen LogP contribution is -1.96. The van der Waals surface area contributed by atoms with Crippen LogP contribution in [0.5, 0.6) is 0 Å². The van der Waals surface area contributed by atoms with Crippen molar-refractivity contribution < 1.29 is 21.7 Å². The summed E-state index contributed by atoms with van der Waals surface area (Å²) >= 11 is 0. The summed E-state index contributed by atoms with van der Waals surface area (Å²) in [5.74, 6) is 0. The highest BCUT2D eigenvalue weighted by atomic mass is 32.3. The minimum Gasteiger partial charge on any atom is -0.352 e. The van der Waals surface area contributed by atoms with E-state index in [2.05, 4.69) is 4.18 Å². The van der Waals surface area contributed by atoms with Gasteiger partial charge in [-0.05, 0) is 18.8 Å². The largest absolute Gasteiger partial charge is 0.397 e. The van der Waals surface area contributed by atoms with Gasteiger partial charge in [0.25, 0.3) is 0 Å². The molecule has 7 heteroatoms. The van der Waals surface area contributed by atoms with Crippen LogP contribution in [-0.2, 0) is 14.6 Å². The summed E-state index contributed by atoms with van der Waals surface area (Å²) in [4.78, 5) is 0. The Bertz CT molecular complexity index is 171. The van der Waals surface area contributed by atoms with Crippen LogP contribution in [0.3, 0.4) is 0 Å². The minimum atomic E-state index is -4.16. The Kier molecular flexibility index (Phi) is 6.17. The Morgan fingerprint density at radius 2 is 1.18 bits per heavy atom. The van der Waals surface area contributed by atoms with Crippen molar-refractivity contribution in [1.82, 2.24) is 0 Å². The molecule has 0 aliphatic carbocycles. The molecule has 0 bridgehead atoms. The van der Waals surface area contributed by atoms with Gasteiger partial charge in [0.2, 0.25) is 0 Å². The number of rotatable bonds is 1. The van der Waals surface area contributed by atoms with E-state index in [1.54, 1.807) is 0 Å². The normalized spacial score (nSPS) is 13.3. The topological polar surface area (TPSA) is 83.8 Å². The first-order chi connectivity index (χ1) is 4.56. The molecule has 0 aliphatic heterocycles. The Labute approximate surface area is 68.9 Å². The van der Waals surface area contributed by atoms with Crippen LogP contribution in [-0.4, -0.2) is 43.4 Å². The minimum absolute atomic E-state index is 0.870. The fraction of sp³-hybridized carbons (Fsp3) is 1.00.